The SMILES string of the molecule is CC1CN(C(=O)CCNCc2cn[nH]c2C(C)(C)C)CC(C)O1. The van der Waals surface area contributed by atoms with Crippen molar-refractivity contribution in [3.8, 4) is 0 Å². The van der Waals surface area contributed by atoms with E-state index in [1.54, 1.807) is 0 Å². The highest BCUT2D eigenvalue weighted by atomic mass is 16.5. The number of nitrogens with one attached hydrogen (secondary N) is 2. The fraction of sp³-hybridized carbons (Fsp3) is 0.765. The molecule has 0 spiro atoms. The first kappa shape index (κ1) is 17.9. The largest absolute Gasteiger partial charge is 0.372 e. The lowest BCUT2D eigenvalue weighted by molar-refractivity contribution is -0.143. The van der Waals surface area contributed by atoms with Crippen LogP contribution in [0.15, 0.2) is 6.20 Å². The van der Waals surface area contributed by atoms with Gasteiger partial charge < -0.3 is 15.0 Å². The zero-order valence-electron chi connectivity index (χ0n) is 15.0. The number of nitrogens with zero attached hydrogens (tertiary/aromatic N) is 2. The molecule has 2 N–H and O–H groups in total. The van der Waals surface area contributed by atoms with Crippen LogP contribution in [0.3, 0.4) is 0 Å². The molecular weight excluding hydrogens is 292 g/mol. The van der Waals surface area contributed by atoms with E-state index in [0.29, 0.717) is 26.1 Å². The van der Waals surface area contributed by atoms with Crippen molar-refractivity contribution in [1.29, 1.82) is 0 Å². The van der Waals surface area contributed by atoms with E-state index >= 15 is 0 Å². The van der Waals surface area contributed by atoms with Gasteiger partial charge in [0.2, 0.25) is 5.91 Å². The van der Waals surface area contributed by atoms with Crippen LogP contribution in [0.2, 0.25) is 0 Å². The summed E-state index contributed by atoms with van der Waals surface area (Å²) in [5.41, 5.74) is 2.36. The predicted molar refractivity (Wildman–Crippen MR) is 90.2 cm³/mol. The summed E-state index contributed by atoms with van der Waals surface area (Å²) in [7, 11) is 0. The van der Waals surface area contributed by atoms with Gasteiger partial charge in [0.25, 0.3) is 0 Å². The third-order valence-corrected chi connectivity index (χ3v) is 4.07. The van der Waals surface area contributed by atoms with Crippen molar-refractivity contribution in [2.24, 2.45) is 0 Å². The Balaban J connectivity index is 1.75. The molecular formula is C17H30N4O2. The number of hydrogen-bond acceptors (Lipinski definition) is 4. The molecule has 0 aliphatic carbocycles. The van der Waals surface area contributed by atoms with E-state index in [-0.39, 0.29) is 23.5 Å². The highest BCUT2D eigenvalue weighted by molar-refractivity contribution is 5.76. The molecule has 1 fully saturated rings. The Labute approximate surface area is 139 Å². The molecule has 1 aliphatic rings. The molecule has 6 nitrogen and oxygen atoms in total. The molecule has 0 saturated carbocycles. The molecule has 6 heteroatoms. The summed E-state index contributed by atoms with van der Waals surface area (Å²) in [6.07, 6.45) is 2.62. The molecule has 1 saturated heterocycles. The van der Waals surface area contributed by atoms with Gasteiger partial charge in [-0.1, -0.05) is 20.8 Å². The van der Waals surface area contributed by atoms with Crippen LogP contribution < -0.4 is 5.32 Å². The van der Waals surface area contributed by atoms with Gasteiger partial charge >= 0.3 is 0 Å². The molecule has 2 heterocycles. The predicted octanol–water partition coefficient (Wildman–Crippen LogP) is 1.82. The van der Waals surface area contributed by atoms with E-state index in [1.165, 1.54) is 5.56 Å². The molecule has 1 aromatic heterocycles. The number of amides is 1. The maximum Gasteiger partial charge on any atom is 0.224 e. The molecule has 1 aliphatic heterocycles. The normalized spacial score (nSPS) is 22.4. The van der Waals surface area contributed by atoms with Crippen LogP contribution in [0.5, 0.6) is 0 Å². The highest BCUT2D eigenvalue weighted by Crippen LogP contribution is 2.23. The van der Waals surface area contributed by atoms with Gasteiger partial charge in [-0.2, -0.15) is 5.10 Å². The monoisotopic (exact) mass is 322 g/mol. The van der Waals surface area contributed by atoms with Gasteiger partial charge in [-0.15, -0.1) is 0 Å². The molecule has 2 unspecified atom stereocenters. The summed E-state index contributed by atoms with van der Waals surface area (Å²) < 4.78 is 5.67. The number of aromatic nitrogens is 2. The van der Waals surface area contributed by atoms with Gasteiger partial charge in [-0.3, -0.25) is 9.89 Å². The third kappa shape index (κ3) is 5.04. The fourth-order valence-electron chi connectivity index (χ4n) is 3.05. The van der Waals surface area contributed by atoms with E-state index < -0.39 is 0 Å². The summed E-state index contributed by atoms with van der Waals surface area (Å²) >= 11 is 0. The third-order valence-electron chi connectivity index (χ3n) is 4.07. The number of morpholine rings is 1. The molecule has 0 radical (unpaired) electrons. The molecule has 130 valence electrons. The first-order valence-electron chi connectivity index (χ1n) is 8.44. The van der Waals surface area contributed by atoms with Gasteiger partial charge in [0.05, 0.1) is 18.4 Å². The number of hydrogen-bond donors (Lipinski definition) is 2. The van der Waals surface area contributed by atoms with Crippen LogP contribution >= 0.6 is 0 Å². The van der Waals surface area contributed by atoms with Crippen molar-refractivity contribution in [2.45, 2.75) is 65.2 Å². The average molecular weight is 322 g/mol. The van der Waals surface area contributed by atoms with Crippen LogP contribution in [0.25, 0.3) is 0 Å². The second kappa shape index (κ2) is 7.45. The van der Waals surface area contributed by atoms with E-state index in [4.69, 9.17) is 4.74 Å². The summed E-state index contributed by atoms with van der Waals surface area (Å²) in [6.45, 7) is 13.3. The molecule has 23 heavy (non-hydrogen) atoms. The summed E-state index contributed by atoms with van der Waals surface area (Å²) in [5.74, 6) is 0.197. The molecule has 2 atom stereocenters. The highest BCUT2D eigenvalue weighted by Gasteiger charge is 2.25. The lowest BCUT2D eigenvalue weighted by Gasteiger charge is -2.35. The number of H-pyrrole nitrogens is 1. The summed E-state index contributed by atoms with van der Waals surface area (Å²) in [6, 6.07) is 0. The Bertz CT molecular complexity index is 511. The Morgan fingerprint density at radius 2 is 2.04 bits per heavy atom. The topological polar surface area (TPSA) is 70.2 Å². The Hall–Kier alpha value is -1.40. The minimum atomic E-state index is 0.0451. The first-order chi connectivity index (χ1) is 10.8. The van der Waals surface area contributed by atoms with Gasteiger partial charge in [-0.05, 0) is 13.8 Å². The second-order valence-electron chi connectivity index (χ2n) is 7.50. The van der Waals surface area contributed by atoms with Gasteiger partial charge in [0.15, 0.2) is 0 Å². The smallest absolute Gasteiger partial charge is 0.224 e. The number of ether oxygens (including phenoxy) is 1. The molecule has 1 aromatic rings. The maximum absolute atomic E-state index is 12.3. The van der Waals surface area contributed by atoms with Crippen LogP contribution in [-0.4, -0.2) is 52.8 Å². The van der Waals surface area contributed by atoms with Crippen molar-refractivity contribution in [3.63, 3.8) is 0 Å². The Kier molecular flexibility index (Phi) is 5.81. The van der Waals surface area contributed by atoms with Gasteiger partial charge in [-0.25, -0.2) is 0 Å². The van der Waals surface area contributed by atoms with Gasteiger partial charge in [0.1, 0.15) is 0 Å². The summed E-state index contributed by atoms with van der Waals surface area (Å²) in [5, 5.41) is 10.6. The van der Waals surface area contributed by atoms with E-state index in [2.05, 4.69) is 36.3 Å². The minimum absolute atomic E-state index is 0.0451. The van der Waals surface area contributed by atoms with Crippen molar-refractivity contribution in [1.82, 2.24) is 20.4 Å². The van der Waals surface area contributed by atoms with Crippen LogP contribution in [0.4, 0.5) is 0 Å². The standard InChI is InChI=1S/C17H30N4O2/c1-12-10-21(11-13(2)23-12)15(22)6-7-18-8-14-9-19-20-16(14)17(3,4)5/h9,12-13,18H,6-8,10-11H2,1-5H3,(H,19,20). The quantitative estimate of drug-likeness (QED) is 0.811. The first-order valence-corrected chi connectivity index (χ1v) is 8.44. The van der Waals surface area contributed by atoms with Crippen molar-refractivity contribution < 1.29 is 9.53 Å². The van der Waals surface area contributed by atoms with Crippen molar-refractivity contribution >= 4 is 5.91 Å². The summed E-state index contributed by atoms with van der Waals surface area (Å²) in [4.78, 5) is 14.2. The maximum atomic E-state index is 12.3. The van der Waals surface area contributed by atoms with Gasteiger partial charge in [0, 0.05) is 49.3 Å². The fourth-order valence-corrected chi connectivity index (χ4v) is 3.05. The average Bonchev–Trinajstić information content (AvgIpc) is 2.90. The van der Waals surface area contributed by atoms with Crippen molar-refractivity contribution in [3.05, 3.63) is 17.5 Å². The zero-order chi connectivity index (χ0) is 17.0. The lowest BCUT2D eigenvalue weighted by Crippen LogP contribution is -2.48. The molecule has 2 rings (SSSR count). The van der Waals surface area contributed by atoms with Crippen molar-refractivity contribution in [2.75, 3.05) is 19.6 Å². The van der Waals surface area contributed by atoms with E-state index in [1.807, 2.05) is 24.9 Å². The zero-order valence-corrected chi connectivity index (χ0v) is 15.0. The van der Waals surface area contributed by atoms with E-state index in [0.717, 1.165) is 12.2 Å². The molecule has 0 aromatic carbocycles. The minimum Gasteiger partial charge on any atom is -0.372 e. The molecule has 1 amide bonds. The Morgan fingerprint density at radius 3 is 2.65 bits per heavy atom. The van der Waals surface area contributed by atoms with Crippen LogP contribution in [0.1, 0.15) is 52.3 Å². The van der Waals surface area contributed by atoms with Crippen LogP contribution in [0, 0.1) is 0 Å². The Morgan fingerprint density at radius 1 is 1.39 bits per heavy atom. The lowest BCUT2D eigenvalue weighted by atomic mass is 9.89. The number of aromatic amines is 1. The number of rotatable bonds is 5. The van der Waals surface area contributed by atoms with E-state index in [9.17, 15) is 4.79 Å². The molecule has 0 bridgehead atoms. The second-order valence-corrected chi connectivity index (χ2v) is 7.50. The number of carbonyl (C=O) groups excluding carboxylic acids is 1. The van der Waals surface area contributed by atoms with Crippen LogP contribution in [-0.2, 0) is 21.5 Å². The number of carbonyl (C=O) groups is 1.